The van der Waals surface area contributed by atoms with Gasteiger partial charge < -0.3 is 10.1 Å². The molecule has 1 atom stereocenters. The van der Waals surface area contributed by atoms with Crippen LogP contribution in [0.4, 0.5) is 0 Å². The van der Waals surface area contributed by atoms with Crippen molar-refractivity contribution in [1.29, 1.82) is 0 Å². The fraction of sp³-hybridized carbons (Fsp3) is 0.318. The molecule has 146 valence electrons. The number of halogens is 1. The molecule has 1 aromatic carbocycles. The maximum absolute atomic E-state index is 12.4. The highest BCUT2D eigenvalue weighted by molar-refractivity contribution is 7.10. The third-order valence-electron chi connectivity index (χ3n) is 5.08. The number of ether oxygens (including phenoxy) is 1. The molecule has 0 bridgehead atoms. The van der Waals surface area contributed by atoms with Crippen molar-refractivity contribution < 1.29 is 9.53 Å². The van der Waals surface area contributed by atoms with E-state index in [-0.39, 0.29) is 11.9 Å². The molecule has 1 unspecified atom stereocenters. The second kappa shape index (κ2) is 8.95. The zero-order valence-corrected chi connectivity index (χ0v) is 17.1. The second-order valence-electron chi connectivity index (χ2n) is 7.04. The van der Waals surface area contributed by atoms with Crippen LogP contribution in [0.5, 0.6) is 5.75 Å². The number of hydrogen-bond acceptors (Lipinski definition) is 4. The van der Waals surface area contributed by atoms with Gasteiger partial charge in [-0.15, -0.1) is 11.3 Å². The normalized spacial score (nSPS) is 17.8. The van der Waals surface area contributed by atoms with Crippen molar-refractivity contribution in [2.75, 3.05) is 26.2 Å². The summed E-state index contributed by atoms with van der Waals surface area (Å²) in [6.45, 7) is 3.27. The van der Waals surface area contributed by atoms with Gasteiger partial charge in [0, 0.05) is 28.1 Å². The number of fused-ring (bicyclic) bond motifs is 1. The molecule has 0 radical (unpaired) electrons. The van der Waals surface area contributed by atoms with Crippen LogP contribution in [-0.4, -0.2) is 37.0 Å². The number of amides is 1. The van der Waals surface area contributed by atoms with Crippen molar-refractivity contribution in [3.8, 4) is 5.75 Å². The van der Waals surface area contributed by atoms with Gasteiger partial charge in [0.1, 0.15) is 12.4 Å². The molecule has 1 amide bonds. The van der Waals surface area contributed by atoms with Gasteiger partial charge in [0.15, 0.2) is 0 Å². The Morgan fingerprint density at radius 2 is 2.18 bits per heavy atom. The van der Waals surface area contributed by atoms with Crippen molar-refractivity contribution in [3.63, 3.8) is 0 Å². The Balaban J connectivity index is 1.37. The maximum Gasteiger partial charge on any atom is 0.244 e. The molecule has 6 heteroatoms. The predicted molar refractivity (Wildman–Crippen MR) is 115 cm³/mol. The van der Waals surface area contributed by atoms with E-state index < -0.39 is 0 Å². The molecule has 3 heterocycles. The van der Waals surface area contributed by atoms with Crippen molar-refractivity contribution in [1.82, 2.24) is 10.2 Å². The largest absolute Gasteiger partial charge is 0.488 e. The minimum atomic E-state index is -0.0847. The lowest BCUT2D eigenvalue weighted by Gasteiger charge is -2.26. The number of rotatable bonds is 6. The van der Waals surface area contributed by atoms with Crippen LogP contribution in [0.1, 0.15) is 29.3 Å². The third kappa shape index (κ3) is 4.66. The number of benzene rings is 1. The summed E-state index contributed by atoms with van der Waals surface area (Å²) >= 11 is 7.80. The number of carbonyl (C=O) groups excluding carboxylic acids is 1. The van der Waals surface area contributed by atoms with Crippen LogP contribution in [0.3, 0.4) is 0 Å². The molecule has 0 aliphatic carbocycles. The summed E-state index contributed by atoms with van der Waals surface area (Å²) in [6, 6.07) is 10.0. The zero-order chi connectivity index (χ0) is 19.3. The van der Waals surface area contributed by atoms with E-state index in [1.807, 2.05) is 30.4 Å². The standard InChI is InChI=1S/C22H23ClN2O2S/c23-18-6-7-20-17(13-18)12-16(15-27-20)5-8-22(26)24-14-19(21-4-3-11-28-21)25-9-1-2-10-25/h3-8,11-13,19H,1-2,9-10,14-15H2,(H,24,26)/b8-5+. The molecular formula is C22H23ClN2O2S. The minimum Gasteiger partial charge on any atom is -0.488 e. The Kier molecular flexibility index (Phi) is 6.15. The number of nitrogens with one attached hydrogen (secondary N) is 1. The summed E-state index contributed by atoms with van der Waals surface area (Å²) in [5, 5.41) is 5.83. The fourth-order valence-electron chi connectivity index (χ4n) is 3.64. The molecule has 0 saturated carbocycles. The van der Waals surface area contributed by atoms with Crippen LogP contribution < -0.4 is 10.1 Å². The Morgan fingerprint density at radius 1 is 1.32 bits per heavy atom. The molecule has 2 aliphatic heterocycles. The lowest BCUT2D eigenvalue weighted by atomic mass is 10.1. The highest BCUT2D eigenvalue weighted by Gasteiger charge is 2.24. The van der Waals surface area contributed by atoms with Crippen molar-refractivity contribution in [2.45, 2.75) is 18.9 Å². The molecule has 2 aliphatic rings. The van der Waals surface area contributed by atoms with E-state index in [1.165, 1.54) is 17.7 Å². The predicted octanol–water partition coefficient (Wildman–Crippen LogP) is 4.69. The first-order valence-corrected chi connectivity index (χ1v) is 10.8. The van der Waals surface area contributed by atoms with Gasteiger partial charge in [-0.05, 0) is 67.2 Å². The Labute approximate surface area is 174 Å². The van der Waals surface area contributed by atoms with Gasteiger partial charge in [-0.1, -0.05) is 23.7 Å². The first-order chi connectivity index (χ1) is 13.7. The topological polar surface area (TPSA) is 41.6 Å². The van der Waals surface area contributed by atoms with E-state index in [0.29, 0.717) is 18.2 Å². The molecule has 1 fully saturated rings. The van der Waals surface area contributed by atoms with Gasteiger partial charge in [-0.2, -0.15) is 0 Å². The molecule has 2 aromatic rings. The molecule has 1 saturated heterocycles. The third-order valence-corrected chi connectivity index (χ3v) is 6.29. The zero-order valence-electron chi connectivity index (χ0n) is 15.6. The smallest absolute Gasteiger partial charge is 0.244 e. The van der Waals surface area contributed by atoms with Gasteiger partial charge in [0.05, 0.1) is 6.04 Å². The minimum absolute atomic E-state index is 0.0847. The lowest BCUT2D eigenvalue weighted by Crippen LogP contribution is -2.35. The van der Waals surface area contributed by atoms with Gasteiger partial charge in [0.25, 0.3) is 0 Å². The number of carbonyl (C=O) groups is 1. The highest BCUT2D eigenvalue weighted by atomic mass is 35.5. The van der Waals surface area contributed by atoms with E-state index in [4.69, 9.17) is 16.3 Å². The van der Waals surface area contributed by atoms with Gasteiger partial charge in [-0.25, -0.2) is 0 Å². The van der Waals surface area contributed by atoms with Crippen LogP contribution in [-0.2, 0) is 4.79 Å². The Bertz CT molecular complexity index is 886. The first-order valence-electron chi connectivity index (χ1n) is 9.55. The summed E-state index contributed by atoms with van der Waals surface area (Å²) in [6.07, 6.45) is 7.87. The van der Waals surface area contributed by atoms with E-state index in [1.54, 1.807) is 17.4 Å². The molecular weight excluding hydrogens is 392 g/mol. The van der Waals surface area contributed by atoms with Gasteiger partial charge in [-0.3, -0.25) is 9.69 Å². The van der Waals surface area contributed by atoms with E-state index in [2.05, 4.69) is 27.7 Å². The summed E-state index contributed by atoms with van der Waals surface area (Å²) < 4.78 is 5.72. The maximum atomic E-state index is 12.4. The second-order valence-corrected chi connectivity index (χ2v) is 8.46. The molecule has 4 rings (SSSR count). The number of nitrogens with zero attached hydrogens (tertiary/aromatic N) is 1. The number of thiophene rings is 1. The first kappa shape index (κ1) is 19.2. The summed E-state index contributed by atoms with van der Waals surface area (Å²) in [5.41, 5.74) is 1.88. The molecule has 1 N–H and O–H groups in total. The summed E-state index contributed by atoms with van der Waals surface area (Å²) in [7, 11) is 0. The monoisotopic (exact) mass is 414 g/mol. The average Bonchev–Trinajstić information content (AvgIpc) is 3.41. The molecule has 4 nitrogen and oxygen atoms in total. The number of likely N-dealkylation sites (tertiary alicyclic amines) is 1. The van der Waals surface area contributed by atoms with Gasteiger partial charge >= 0.3 is 0 Å². The summed E-state index contributed by atoms with van der Waals surface area (Å²) in [5.74, 6) is 0.731. The SMILES string of the molecule is O=C(/C=C/C1=Cc2cc(Cl)ccc2OC1)NCC(c1cccs1)N1CCCC1. The Morgan fingerprint density at radius 3 is 2.96 bits per heavy atom. The summed E-state index contributed by atoms with van der Waals surface area (Å²) in [4.78, 5) is 16.1. The van der Waals surface area contributed by atoms with Crippen LogP contribution in [0.15, 0.2) is 53.4 Å². The van der Waals surface area contributed by atoms with Crippen LogP contribution >= 0.6 is 22.9 Å². The van der Waals surface area contributed by atoms with E-state index >= 15 is 0 Å². The quantitative estimate of drug-likeness (QED) is 0.697. The Hall–Kier alpha value is -2.08. The van der Waals surface area contributed by atoms with Crippen LogP contribution in [0, 0.1) is 0 Å². The average molecular weight is 415 g/mol. The van der Waals surface area contributed by atoms with Crippen LogP contribution in [0.2, 0.25) is 5.02 Å². The fourth-order valence-corrected chi connectivity index (χ4v) is 4.69. The highest BCUT2D eigenvalue weighted by Crippen LogP contribution is 2.29. The van der Waals surface area contributed by atoms with E-state index in [9.17, 15) is 4.79 Å². The lowest BCUT2D eigenvalue weighted by molar-refractivity contribution is -0.116. The van der Waals surface area contributed by atoms with Crippen LogP contribution in [0.25, 0.3) is 6.08 Å². The van der Waals surface area contributed by atoms with E-state index in [0.717, 1.165) is 30.0 Å². The molecule has 28 heavy (non-hydrogen) atoms. The molecule has 1 aromatic heterocycles. The van der Waals surface area contributed by atoms with Crippen molar-refractivity contribution in [3.05, 3.63) is 68.9 Å². The number of hydrogen-bond donors (Lipinski definition) is 1. The van der Waals surface area contributed by atoms with Gasteiger partial charge in [0.2, 0.25) is 5.91 Å². The molecule has 0 spiro atoms. The van der Waals surface area contributed by atoms with Crippen molar-refractivity contribution in [2.24, 2.45) is 0 Å². The van der Waals surface area contributed by atoms with Crippen molar-refractivity contribution >= 4 is 34.9 Å².